The molecule has 0 bridgehead atoms. The molecule has 0 aliphatic heterocycles. The summed E-state index contributed by atoms with van der Waals surface area (Å²) in [6.07, 6.45) is 0.958. The second-order valence-electron chi connectivity index (χ2n) is 3.54. The lowest BCUT2D eigenvalue weighted by Gasteiger charge is -2.08. The first kappa shape index (κ1) is 11.6. The molecule has 2 N–H and O–H groups in total. The molecule has 82 valence electrons. The van der Waals surface area contributed by atoms with Gasteiger partial charge in [0.05, 0.1) is 0 Å². The van der Waals surface area contributed by atoms with Crippen LogP contribution < -0.4 is 10.6 Å². The highest BCUT2D eigenvalue weighted by Crippen LogP contribution is 2.14. The van der Waals surface area contributed by atoms with Crippen molar-refractivity contribution in [3.8, 4) is 0 Å². The molecule has 0 aliphatic rings. The Hall–Kier alpha value is -1.51. The summed E-state index contributed by atoms with van der Waals surface area (Å²) in [4.78, 5) is 11.7. The average Bonchev–Trinajstić information content (AvgIpc) is 2.25. The van der Waals surface area contributed by atoms with Crippen LogP contribution in [0.2, 0.25) is 0 Å². The average molecular weight is 206 g/mol. The molecular weight excluding hydrogens is 188 g/mol. The van der Waals surface area contributed by atoms with Crippen molar-refractivity contribution >= 4 is 11.6 Å². The first-order valence-electron chi connectivity index (χ1n) is 5.25. The molecule has 0 aliphatic carbocycles. The van der Waals surface area contributed by atoms with Gasteiger partial charge in [0, 0.05) is 24.8 Å². The van der Waals surface area contributed by atoms with Gasteiger partial charge in [0.1, 0.15) is 0 Å². The Morgan fingerprint density at radius 3 is 2.67 bits per heavy atom. The molecule has 0 saturated carbocycles. The fourth-order valence-corrected chi connectivity index (χ4v) is 1.41. The largest absolute Gasteiger partial charge is 0.388 e. The van der Waals surface area contributed by atoms with Gasteiger partial charge in [-0.1, -0.05) is 6.92 Å². The van der Waals surface area contributed by atoms with E-state index in [4.69, 9.17) is 0 Å². The highest BCUT2D eigenvalue weighted by molar-refractivity contribution is 5.96. The van der Waals surface area contributed by atoms with Crippen LogP contribution in [-0.4, -0.2) is 19.5 Å². The van der Waals surface area contributed by atoms with E-state index in [-0.39, 0.29) is 5.91 Å². The normalized spacial score (nSPS) is 9.80. The molecule has 1 amide bonds. The van der Waals surface area contributed by atoms with Crippen LogP contribution in [0.25, 0.3) is 0 Å². The number of carbonyl (C=O) groups is 1. The van der Waals surface area contributed by atoms with Gasteiger partial charge in [-0.2, -0.15) is 0 Å². The minimum Gasteiger partial charge on any atom is -0.388 e. The third kappa shape index (κ3) is 2.98. The third-order valence-electron chi connectivity index (χ3n) is 2.30. The van der Waals surface area contributed by atoms with Gasteiger partial charge in [0.2, 0.25) is 0 Å². The maximum Gasteiger partial charge on any atom is 0.251 e. The molecule has 0 spiro atoms. The first-order chi connectivity index (χ1) is 7.19. The van der Waals surface area contributed by atoms with Crippen LogP contribution in [0.5, 0.6) is 0 Å². The van der Waals surface area contributed by atoms with Gasteiger partial charge in [0.15, 0.2) is 0 Å². The van der Waals surface area contributed by atoms with Crippen LogP contribution in [-0.2, 0) is 0 Å². The van der Waals surface area contributed by atoms with E-state index < -0.39 is 0 Å². The van der Waals surface area contributed by atoms with E-state index in [0.717, 1.165) is 29.8 Å². The molecule has 0 fully saturated rings. The molecule has 3 nitrogen and oxygen atoms in total. The van der Waals surface area contributed by atoms with Crippen LogP contribution in [0.1, 0.15) is 29.3 Å². The van der Waals surface area contributed by atoms with E-state index >= 15 is 0 Å². The second kappa shape index (κ2) is 5.39. The zero-order chi connectivity index (χ0) is 11.3. The number of rotatable bonds is 4. The molecule has 0 heterocycles. The van der Waals surface area contributed by atoms with E-state index in [9.17, 15) is 4.79 Å². The molecule has 1 aromatic carbocycles. The SMILES string of the molecule is CCCNC(=O)c1ccc(NC)cc1C. The summed E-state index contributed by atoms with van der Waals surface area (Å²) in [5.74, 6) is 0.0111. The number of carbonyl (C=O) groups excluding carboxylic acids is 1. The molecule has 15 heavy (non-hydrogen) atoms. The minimum absolute atomic E-state index is 0.0111. The van der Waals surface area contributed by atoms with E-state index in [2.05, 4.69) is 10.6 Å². The van der Waals surface area contributed by atoms with Crippen LogP contribution in [0.4, 0.5) is 5.69 Å². The fourth-order valence-electron chi connectivity index (χ4n) is 1.41. The van der Waals surface area contributed by atoms with Gasteiger partial charge < -0.3 is 10.6 Å². The summed E-state index contributed by atoms with van der Waals surface area (Å²) < 4.78 is 0. The lowest BCUT2D eigenvalue weighted by atomic mass is 10.1. The summed E-state index contributed by atoms with van der Waals surface area (Å²) in [5, 5.41) is 5.91. The van der Waals surface area contributed by atoms with Crippen molar-refractivity contribution in [1.29, 1.82) is 0 Å². The zero-order valence-electron chi connectivity index (χ0n) is 9.55. The summed E-state index contributed by atoms with van der Waals surface area (Å²) in [5.41, 5.74) is 2.78. The number of hydrogen-bond donors (Lipinski definition) is 2. The van der Waals surface area contributed by atoms with Gasteiger partial charge >= 0.3 is 0 Å². The van der Waals surface area contributed by atoms with Gasteiger partial charge in [0.25, 0.3) is 5.91 Å². The van der Waals surface area contributed by atoms with Gasteiger partial charge in [-0.05, 0) is 37.1 Å². The molecule has 3 heteroatoms. The van der Waals surface area contributed by atoms with Crippen LogP contribution in [0.3, 0.4) is 0 Å². The Morgan fingerprint density at radius 1 is 1.40 bits per heavy atom. The van der Waals surface area contributed by atoms with Crippen molar-refractivity contribution in [3.63, 3.8) is 0 Å². The number of benzene rings is 1. The highest BCUT2D eigenvalue weighted by atomic mass is 16.1. The lowest BCUT2D eigenvalue weighted by Crippen LogP contribution is -2.24. The maximum absolute atomic E-state index is 11.7. The molecule has 0 radical (unpaired) electrons. The standard InChI is InChI=1S/C12H18N2O/c1-4-7-14-12(15)11-6-5-10(13-3)8-9(11)2/h5-6,8,13H,4,7H2,1-3H3,(H,14,15). The molecule has 0 aromatic heterocycles. The summed E-state index contributed by atoms with van der Waals surface area (Å²) in [6.45, 7) is 4.71. The highest BCUT2D eigenvalue weighted by Gasteiger charge is 2.07. The van der Waals surface area contributed by atoms with E-state index in [1.165, 1.54) is 0 Å². The van der Waals surface area contributed by atoms with E-state index in [1.54, 1.807) is 0 Å². The molecule has 0 atom stereocenters. The Balaban J connectivity index is 2.81. The van der Waals surface area contributed by atoms with E-state index in [0.29, 0.717) is 0 Å². The minimum atomic E-state index is 0.0111. The van der Waals surface area contributed by atoms with Gasteiger partial charge in [-0.25, -0.2) is 0 Å². The number of amides is 1. The number of nitrogens with one attached hydrogen (secondary N) is 2. The smallest absolute Gasteiger partial charge is 0.251 e. The van der Waals surface area contributed by atoms with Crippen LogP contribution in [0, 0.1) is 6.92 Å². The maximum atomic E-state index is 11.7. The van der Waals surface area contributed by atoms with Crippen molar-refractivity contribution in [2.75, 3.05) is 18.9 Å². The van der Waals surface area contributed by atoms with Crippen molar-refractivity contribution in [3.05, 3.63) is 29.3 Å². The Bertz CT molecular complexity index is 347. The molecule has 0 saturated heterocycles. The van der Waals surface area contributed by atoms with Crippen molar-refractivity contribution in [2.24, 2.45) is 0 Å². The second-order valence-corrected chi connectivity index (χ2v) is 3.54. The lowest BCUT2D eigenvalue weighted by molar-refractivity contribution is 0.0953. The van der Waals surface area contributed by atoms with Crippen molar-refractivity contribution < 1.29 is 4.79 Å². The topological polar surface area (TPSA) is 41.1 Å². The zero-order valence-corrected chi connectivity index (χ0v) is 9.55. The van der Waals surface area contributed by atoms with Crippen LogP contribution in [0.15, 0.2) is 18.2 Å². The molecular formula is C12H18N2O. The summed E-state index contributed by atoms with van der Waals surface area (Å²) in [6, 6.07) is 5.74. The number of aryl methyl sites for hydroxylation is 1. The monoisotopic (exact) mass is 206 g/mol. The summed E-state index contributed by atoms with van der Waals surface area (Å²) >= 11 is 0. The quantitative estimate of drug-likeness (QED) is 0.792. The Morgan fingerprint density at radius 2 is 2.13 bits per heavy atom. The van der Waals surface area contributed by atoms with Crippen molar-refractivity contribution in [1.82, 2.24) is 5.32 Å². The van der Waals surface area contributed by atoms with E-state index in [1.807, 2.05) is 39.1 Å². The van der Waals surface area contributed by atoms with Crippen LogP contribution >= 0.6 is 0 Å². The number of hydrogen-bond acceptors (Lipinski definition) is 2. The Labute approximate surface area is 90.9 Å². The van der Waals surface area contributed by atoms with Gasteiger partial charge in [-0.15, -0.1) is 0 Å². The first-order valence-corrected chi connectivity index (χ1v) is 5.25. The number of anilines is 1. The third-order valence-corrected chi connectivity index (χ3v) is 2.30. The van der Waals surface area contributed by atoms with Gasteiger partial charge in [-0.3, -0.25) is 4.79 Å². The predicted octanol–water partition coefficient (Wildman–Crippen LogP) is 2.18. The summed E-state index contributed by atoms with van der Waals surface area (Å²) in [7, 11) is 1.87. The molecule has 0 unspecified atom stereocenters. The predicted molar refractivity (Wildman–Crippen MR) is 63.3 cm³/mol. The fraction of sp³-hybridized carbons (Fsp3) is 0.417. The Kier molecular flexibility index (Phi) is 4.16. The van der Waals surface area contributed by atoms with Crippen molar-refractivity contribution in [2.45, 2.75) is 20.3 Å². The molecule has 1 rings (SSSR count). The molecule has 1 aromatic rings.